The summed E-state index contributed by atoms with van der Waals surface area (Å²) in [6.45, 7) is 4.49. The Balaban J connectivity index is 1.31. The van der Waals surface area contributed by atoms with Crippen molar-refractivity contribution in [2.75, 3.05) is 0 Å². The summed E-state index contributed by atoms with van der Waals surface area (Å²) in [6, 6.07) is 18.0. The lowest BCUT2D eigenvalue weighted by Crippen LogP contribution is -2.16. The maximum Gasteiger partial charge on any atom is 0.239 e. The molecule has 0 bridgehead atoms. The zero-order chi connectivity index (χ0) is 19.8. The summed E-state index contributed by atoms with van der Waals surface area (Å²) < 4.78 is 7.28. The average molecular weight is 384 g/mol. The van der Waals surface area contributed by atoms with Gasteiger partial charge in [0.05, 0.1) is 18.2 Å². The van der Waals surface area contributed by atoms with Crippen LogP contribution in [0.3, 0.4) is 0 Å². The number of nitrogens with two attached hydrogens (primary N) is 1. The predicted molar refractivity (Wildman–Crippen MR) is 109 cm³/mol. The van der Waals surface area contributed by atoms with E-state index in [-0.39, 0.29) is 5.41 Å². The van der Waals surface area contributed by atoms with Crippen molar-refractivity contribution < 1.29 is 4.52 Å². The number of hydrogen-bond donors (Lipinski definition) is 1. The lowest BCUT2D eigenvalue weighted by Gasteiger charge is -2.07. The minimum absolute atomic E-state index is 0.325. The van der Waals surface area contributed by atoms with E-state index in [4.69, 9.17) is 10.3 Å². The van der Waals surface area contributed by atoms with Crippen molar-refractivity contribution in [3.05, 3.63) is 84.5 Å². The van der Waals surface area contributed by atoms with Crippen molar-refractivity contribution in [1.29, 1.82) is 0 Å². The molecule has 1 saturated carbocycles. The van der Waals surface area contributed by atoms with E-state index in [1.165, 1.54) is 0 Å². The minimum Gasteiger partial charge on any atom is -0.402 e. The highest BCUT2D eigenvalue weighted by molar-refractivity contribution is 5.57. The van der Waals surface area contributed by atoms with E-state index in [0.717, 1.165) is 35.2 Å². The van der Waals surface area contributed by atoms with Gasteiger partial charge in [-0.2, -0.15) is 4.98 Å². The highest BCUT2D eigenvalue weighted by Gasteiger charge is 2.51. The van der Waals surface area contributed by atoms with Crippen LogP contribution in [0.4, 0.5) is 0 Å². The van der Waals surface area contributed by atoms with E-state index in [1.807, 2.05) is 65.5 Å². The van der Waals surface area contributed by atoms with Crippen molar-refractivity contribution in [1.82, 2.24) is 25.1 Å². The van der Waals surface area contributed by atoms with Crippen LogP contribution >= 0.6 is 0 Å². The fraction of sp³-hybridized carbons (Fsp3) is 0.182. The van der Waals surface area contributed by atoms with Gasteiger partial charge in [0.2, 0.25) is 11.7 Å². The Morgan fingerprint density at radius 3 is 2.52 bits per heavy atom. The maximum absolute atomic E-state index is 5.91. The van der Waals surface area contributed by atoms with E-state index in [2.05, 4.69) is 27.0 Å². The first kappa shape index (κ1) is 17.4. The molecule has 7 nitrogen and oxygen atoms in total. The fourth-order valence-corrected chi connectivity index (χ4v) is 3.40. The highest BCUT2D eigenvalue weighted by atomic mass is 16.5. The lowest BCUT2D eigenvalue weighted by atomic mass is 10.0. The topological polar surface area (TPSA) is 95.7 Å². The minimum atomic E-state index is -0.325. The summed E-state index contributed by atoms with van der Waals surface area (Å²) in [5.74, 6) is 1.12. The van der Waals surface area contributed by atoms with Crippen LogP contribution < -0.4 is 5.73 Å². The number of benzene rings is 2. The van der Waals surface area contributed by atoms with Crippen LogP contribution in [-0.2, 0) is 12.0 Å². The fourth-order valence-electron chi connectivity index (χ4n) is 3.40. The van der Waals surface area contributed by atoms with Crippen molar-refractivity contribution in [3.63, 3.8) is 0 Å². The van der Waals surface area contributed by atoms with Crippen LogP contribution in [0.15, 0.2) is 77.6 Å². The van der Waals surface area contributed by atoms with Crippen LogP contribution in [0.5, 0.6) is 0 Å². The van der Waals surface area contributed by atoms with E-state index >= 15 is 0 Å². The van der Waals surface area contributed by atoms with Crippen molar-refractivity contribution in [3.8, 4) is 22.6 Å². The van der Waals surface area contributed by atoms with Gasteiger partial charge in [-0.05, 0) is 18.4 Å². The third-order valence-electron chi connectivity index (χ3n) is 5.37. The van der Waals surface area contributed by atoms with Gasteiger partial charge in [-0.25, -0.2) is 4.68 Å². The molecule has 1 fully saturated rings. The zero-order valence-corrected chi connectivity index (χ0v) is 15.8. The smallest absolute Gasteiger partial charge is 0.239 e. The third-order valence-corrected chi connectivity index (χ3v) is 5.37. The number of rotatable bonds is 6. The molecule has 1 aliphatic rings. The predicted octanol–water partition coefficient (Wildman–Crippen LogP) is 3.55. The van der Waals surface area contributed by atoms with Crippen molar-refractivity contribution >= 4 is 0 Å². The average Bonchev–Trinajstić information content (AvgIpc) is 3.19. The molecule has 0 saturated heterocycles. The largest absolute Gasteiger partial charge is 0.402 e. The van der Waals surface area contributed by atoms with Gasteiger partial charge in [0.1, 0.15) is 5.69 Å². The van der Waals surface area contributed by atoms with Crippen molar-refractivity contribution in [2.24, 2.45) is 5.73 Å². The standard InChI is InChI=1S/C22H20N6O/c1-15(23)22(11-12-22)21-24-20(26-29-21)18-9-7-16(8-10-18)13-28-14-19(25-27-28)17-5-3-2-4-6-17/h2-10,14H,1,11-13,23H2. The van der Waals surface area contributed by atoms with Crippen LogP contribution in [-0.4, -0.2) is 25.1 Å². The lowest BCUT2D eigenvalue weighted by molar-refractivity contribution is 0.358. The monoisotopic (exact) mass is 384 g/mol. The summed E-state index contributed by atoms with van der Waals surface area (Å²) >= 11 is 0. The summed E-state index contributed by atoms with van der Waals surface area (Å²) in [4.78, 5) is 4.54. The summed E-state index contributed by atoms with van der Waals surface area (Å²) in [5.41, 5.74) is 10.1. The molecular weight excluding hydrogens is 364 g/mol. The van der Waals surface area contributed by atoms with Gasteiger partial charge >= 0.3 is 0 Å². The molecule has 5 rings (SSSR count). The normalized spacial score (nSPS) is 14.6. The summed E-state index contributed by atoms with van der Waals surface area (Å²) in [7, 11) is 0. The Morgan fingerprint density at radius 2 is 1.83 bits per heavy atom. The van der Waals surface area contributed by atoms with Gasteiger partial charge in [-0.1, -0.05) is 71.5 Å². The third kappa shape index (κ3) is 3.20. The Bertz CT molecular complexity index is 1160. The molecule has 1 aliphatic carbocycles. The van der Waals surface area contributed by atoms with E-state index in [9.17, 15) is 0 Å². The molecule has 0 atom stereocenters. The number of hydrogen-bond acceptors (Lipinski definition) is 6. The molecule has 0 radical (unpaired) electrons. The number of nitrogens with zero attached hydrogens (tertiary/aromatic N) is 5. The van der Waals surface area contributed by atoms with Gasteiger partial charge in [0, 0.05) is 16.8 Å². The Labute approximate surface area is 167 Å². The van der Waals surface area contributed by atoms with Crippen LogP contribution in [0.25, 0.3) is 22.6 Å². The molecule has 0 aliphatic heterocycles. The van der Waals surface area contributed by atoms with Crippen LogP contribution in [0.1, 0.15) is 24.3 Å². The first-order valence-electron chi connectivity index (χ1n) is 9.48. The highest BCUT2D eigenvalue weighted by Crippen LogP contribution is 2.51. The molecule has 144 valence electrons. The number of allylic oxidation sites excluding steroid dienone is 1. The van der Waals surface area contributed by atoms with Gasteiger partial charge in [-0.15, -0.1) is 5.10 Å². The van der Waals surface area contributed by atoms with Gasteiger partial charge in [0.25, 0.3) is 0 Å². The van der Waals surface area contributed by atoms with Crippen LogP contribution in [0, 0.1) is 0 Å². The molecule has 7 heteroatoms. The first-order valence-corrected chi connectivity index (χ1v) is 9.48. The first-order chi connectivity index (χ1) is 14.1. The second-order valence-corrected chi connectivity index (χ2v) is 7.39. The Morgan fingerprint density at radius 1 is 1.07 bits per heavy atom. The molecule has 4 aromatic rings. The van der Waals surface area contributed by atoms with E-state index in [0.29, 0.717) is 24.0 Å². The molecule has 0 amide bonds. The van der Waals surface area contributed by atoms with Crippen molar-refractivity contribution in [2.45, 2.75) is 24.8 Å². The molecule has 2 aromatic carbocycles. The summed E-state index contributed by atoms with van der Waals surface area (Å²) in [6.07, 6.45) is 3.76. The molecule has 29 heavy (non-hydrogen) atoms. The number of aromatic nitrogens is 5. The van der Waals surface area contributed by atoms with Gasteiger partial charge in [0.15, 0.2) is 0 Å². The Hall–Kier alpha value is -3.74. The maximum atomic E-state index is 5.91. The molecular formula is C22H20N6O. The quantitative estimate of drug-likeness (QED) is 0.546. The summed E-state index contributed by atoms with van der Waals surface area (Å²) in [5, 5.41) is 12.6. The zero-order valence-electron chi connectivity index (χ0n) is 15.8. The van der Waals surface area contributed by atoms with Gasteiger partial charge < -0.3 is 10.3 Å². The molecule has 2 N–H and O–H groups in total. The molecule has 2 aromatic heterocycles. The van der Waals surface area contributed by atoms with E-state index in [1.54, 1.807) is 0 Å². The Kier molecular flexibility index (Phi) is 4.01. The van der Waals surface area contributed by atoms with E-state index < -0.39 is 0 Å². The van der Waals surface area contributed by atoms with Gasteiger partial charge in [-0.3, -0.25) is 0 Å². The molecule has 2 heterocycles. The second kappa shape index (κ2) is 6.70. The SMILES string of the molecule is C=C(N)C1(c2nc(-c3ccc(Cn4cc(-c5ccccc5)nn4)cc3)no2)CC1. The molecule has 0 spiro atoms. The van der Waals surface area contributed by atoms with Crippen LogP contribution in [0.2, 0.25) is 0 Å². The molecule has 0 unspecified atom stereocenters. The second-order valence-electron chi connectivity index (χ2n) is 7.39.